The number of nitrogens with zero attached hydrogens (tertiary/aromatic N) is 6. The van der Waals surface area contributed by atoms with Gasteiger partial charge in [-0.05, 0) is 62.9 Å². The molecule has 2 fully saturated rings. The number of aryl methyl sites for hydroxylation is 1. The molecule has 3 aromatic rings. The highest BCUT2D eigenvalue weighted by Gasteiger charge is 2.37. The summed E-state index contributed by atoms with van der Waals surface area (Å²) in [6.07, 6.45) is 10.8. The first-order valence-electron chi connectivity index (χ1n) is 11.2. The van der Waals surface area contributed by atoms with Gasteiger partial charge in [0, 0.05) is 44.3 Å². The first kappa shape index (κ1) is 18.3. The summed E-state index contributed by atoms with van der Waals surface area (Å²) in [6.45, 7) is 4.09. The molecule has 0 spiro atoms. The van der Waals surface area contributed by atoms with Gasteiger partial charge in [0.25, 0.3) is 0 Å². The molecule has 0 amide bonds. The predicted octanol–water partition coefficient (Wildman–Crippen LogP) is 2.43. The van der Waals surface area contributed by atoms with Crippen molar-refractivity contribution in [1.29, 1.82) is 0 Å². The Hall–Kier alpha value is -2.51. The number of imidazole rings is 1. The monoisotopic (exact) mass is 403 g/mol. The first-order chi connectivity index (χ1) is 14.8. The number of anilines is 1. The van der Waals surface area contributed by atoms with E-state index in [1.807, 2.05) is 18.5 Å². The Morgan fingerprint density at radius 3 is 3.07 bits per heavy atom. The van der Waals surface area contributed by atoms with Crippen molar-refractivity contribution in [1.82, 2.24) is 29.6 Å². The minimum Gasteiger partial charge on any atom is -0.340 e. The summed E-state index contributed by atoms with van der Waals surface area (Å²) in [5.41, 5.74) is 4.71. The third-order valence-electron chi connectivity index (χ3n) is 7.17. The molecule has 30 heavy (non-hydrogen) atoms. The average molecular weight is 404 g/mol. The molecule has 3 aliphatic rings. The second-order valence-corrected chi connectivity index (χ2v) is 9.09. The van der Waals surface area contributed by atoms with Crippen LogP contribution in [0.2, 0.25) is 0 Å². The molecule has 0 aromatic carbocycles. The average Bonchev–Trinajstić information content (AvgIpc) is 3.47. The van der Waals surface area contributed by atoms with E-state index in [2.05, 4.69) is 44.9 Å². The zero-order chi connectivity index (χ0) is 20.1. The highest BCUT2D eigenvalue weighted by atomic mass is 15.3. The molecule has 7 heteroatoms. The summed E-state index contributed by atoms with van der Waals surface area (Å²) in [7, 11) is 2.20. The molecule has 3 aromatic heterocycles. The summed E-state index contributed by atoms with van der Waals surface area (Å²) in [5, 5.41) is 3.64. The zero-order valence-corrected chi connectivity index (χ0v) is 17.5. The maximum Gasteiger partial charge on any atom is 0.211 e. The van der Waals surface area contributed by atoms with Crippen molar-refractivity contribution in [2.45, 2.75) is 44.3 Å². The normalized spacial score (nSPS) is 25.8. The van der Waals surface area contributed by atoms with Crippen LogP contribution in [0.5, 0.6) is 0 Å². The van der Waals surface area contributed by atoms with Gasteiger partial charge in [-0.1, -0.05) is 6.07 Å². The topological polar surface area (TPSA) is 61.6 Å². The Balaban J connectivity index is 1.25. The maximum atomic E-state index is 4.93. The second kappa shape index (κ2) is 7.32. The van der Waals surface area contributed by atoms with Crippen LogP contribution < -0.4 is 10.2 Å². The third-order valence-corrected chi connectivity index (χ3v) is 7.17. The lowest BCUT2D eigenvalue weighted by Gasteiger charge is -2.31. The molecular formula is C23H29N7. The summed E-state index contributed by atoms with van der Waals surface area (Å²) >= 11 is 0. The lowest BCUT2D eigenvalue weighted by Crippen LogP contribution is -2.31. The van der Waals surface area contributed by atoms with Crippen LogP contribution in [0, 0.1) is 5.92 Å². The fraction of sp³-hybridized carbons (Fsp3) is 0.522. The SMILES string of the molecule is CN(Cc1cn2c(N3CC4CCNC4C3)nccc2n1)[C@H]1CCCc2cccnc21. The smallest absolute Gasteiger partial charge is 0.211 e. The Kier molecular flexibility index (Phi) is 4.46. The van der Waals surface area contributed by atoms with E-state index in [0.29, 0.717) is 12.1 Å². The number of nitrogens with one attached hydrogen (secondary N) is 1. The highest BCUT2D eigenvalue weighted by molar-refractivity contribution is 5.48. The number of hydrogen-bond acceptors (Lipinski definition) is 6. The van der Waals surface area contributed by atoms with Crippen molar-refractivity contribution in [2.75, 3.05) is 31.6 Å². The lowest BCUT2D eigenvalue weighted by atomic mass is 9.91. The van der Waals surface area contributed by atoms with Crippen molar-refractivity contribution >= 4 is 11.6 Å². The molecule has 1 N–H and O–H groups in total. The van der Waals surface area contributed by atoms with Crippen molar-refractivity contribution in [3.63, 3.8) is 0 Å². The molecule has 5 heterocycles. The van der Waals surface area contributed by atoms with Gasteiger partial charge in [-0.15, -0.1) is 0 Å². The van der Waals surface area contributed by atoms with E-state index in [-0.39, 0.29) is 0 Å². The van der Waals surface area contributed by atoms with Gasteiger partial charge in [-0.2, -0.15) is 0 Å². The summed E-state index contributed by atoms with van der Waals surface area (Å²) in [5.74, 6) is 1.77. The lowest BCUT2D eigenvalue weighted by molar-refractivity contribution is 0.206. The standard InChI is InChI=1S/C23H29N7/c1-28(20-6-2-4-16-5-3-9-25-22(16)20)13-18-14-30-21(27-18)8-11-26-23(30)29-12-17-7-10-24-19(17)15-29/h3,5,8-9,11,14,17,19-20,24H,2,4,6-7,10,12-13,15H2,1H3/t17?,19?,20-/m0/s1. The summed E-state index contributed by atoms with van der Waals surface area (Å²) in [6, 6.07) is 7.27. The van der Waals surface area contributed by atoms with E-state index in [4.69, 9.17) is 15.0 Å². The van der Waals surface area contributed by atoms with Crippen molar-refractivity contribution in [2.24, 2.45) is 5.92 Å². The Bertz CT molecular complexity index is 1050. The molecule has 3 atom stereocenters. The summed E-state index contributed by atoms with van der Waals surface area (Å²) in [4.78, 5) is 19.2. The van der Waals surface area contributed by atoms with E-state index >= 15 is 0 Å². The number of aromatic nitrogens is 4. The zero-order valence-electron chi connectivity index (χ0n) is 17.5. The van der Waals surface area contributed by atoms with Gasteiger partial charge in [0.15, 0.2) is 0 Å². The van der Waals surface area contributed by atoms with Crippen LogP contribution >= 0.6 is 0 Å². The van der Waals surface area contributed by atoms with Gasteiger partial charge in [0.2, 0.25) is 5.95 Å². The fourth-order valence-electron chi connectivity index (χ4n) is 5.66. The Morgan fingerprint density at radius 1 is 1.17 bits per heavy atom. The van der Waals surface area contributed by atoms with Crippen molar-refractivity contribution in [3.05, 3.63) is 53.7 Å². The van der Waals surface area contributed by atoms with Crippen LogP contribution in [0.4, 0.5) is 5.95 Å². The largest absolute Gasteiger partial charge is 0.340 e. The van der Waals surface area contributed by atoms with Crippen LogP contribution in [0.25, 0.3) is 5.65 Å². The van der Waals surface area contributed by atoms with Gasteiger partial charge in [0.05, 0.1) is 17.4 Å². The van der Waals surface area contributed by atoms with Gasteiger partial charge in [-0.3, -0.25) is 14.3 Å². The molecule has 2 aliphatic heterocycles. The maximum absolute atomic E-state index is 4.93. The minimum absolute atomic E-state index is 0.362. The number of hydrogen-bond donors (Lipinski definition) is 1. The Morgan fingerprint density at radius 2 is 2.13 bits per heavy atom. The molecule has 0 radical (unpaired) electrons. The number of rotatable bonds is 4. The molecule has 7 nitrogen and oxygen atoms in total. The predicted molar refractivity (Wildman–Crippen MR) is 116 cm³/mol. The van der Waals surface area contributed by atoms with Gasteiger partial charge in [0.1, 0.15) is 5.65 Å². The molecule has 2 saturated heterocycles. The van der Waals surface area contributed by atoms with E-state index in [1.165, 1.54) is 24.1 Å². The van der Waals surface area contributed by atoms with Gasteiger partial charge < -0.3 is 10.2 Å². The molecule has 6 rings (SSSR count). The van der Waals surface area contributed by atoms with Crippen molar-refractivity contribution < 1.29 is 0 Å². The van der Waals surface area contributed by atoms with Crippen LogP contribution in [0.1, 0.15) is 42.3 Å². The van der Waals surface area contributed by atoms with E-state index in [9.17, 15) is 0 Å². The number of pyridine rings is 1. The van der Waals surface area contributed by atoms with Gasteiger partial charge >= 0.3 is 0 Å². The van der Waals surface area contributed by atoms with E-state index in [0.717, 1.165) is 62.2 Å². The molecular weight excluding hydrogens is 374 g/mol. The summed E-state index contributed by atoms with van der Waals surface area (Å²) < 4.78 is 2.18. The molecule has 0 saturated carbocycles. The van der Waals surface area contributed by atoms with Crippen LogP contribution in [0.15, 0.2) is 36.8 Å². The van der Waals surface area contributed by atoms with Crippen molar-refractivity contribution in [3.8, 4) is 0 Å². The third kappa shape index (κ3) is 3.08. The number of fused-ring (bicyclic) bond motifs is 3. The molecule has 1 aliphatic carbocycles. The van der Waals surface area contributed by atoms with Crippen LogP contribution in [-0.4, -0.2) is 57.0 Å². The fourth-order valence-corrected chi connectivity index (χ4v) is 5.66. The second-order valence-electron chi connectivity index (χ2n) is 9.09. The van der Waals surface area contributed by atoms with Crippen LogP contribution in [-0.2, 0) is 13.0 Å². The highest BCUT2D eigenvalue weighted by Crippen LogP contribution is 2.33. The van der Waals surface area contributed by atoms with Gasteiger partial charge in [-0.25, -0.2) is 9.97 Å². The molecule has 2 unspecified atom stereocenters. The Labute approximate surface area is 177 Å². The quantitative estimate of drug-likeness (QED) is 0.722. The van der Waals surface area contributed by atoms with E-state index < -0.39 is 0 Å². The minimum atomic E-state index is 0.362. The molecule has 156 valence electrons. The molecule has 0 bridgehead atoms. The van der Waals surface area contributed by atoms with Crippen LogP contribution in [0.3, 0.4) is 0 Å². The van der Waals surface area contributed by atoms with E-state index in [1.54, 1.807) is 0 Å². The first-order valence-corrected chi connectivity index (χ1v) is 11.2.